The zero-order valence-corrected chi connectivity index (χ0v) is 10.5. The van der Waals surface area contributed by atoms with E-state index in [1.165, 1.54) is 0 Å². The Morgan fingerprint density at radius 1 is 1.41 bits per heavy atom. The Hall–Kier alpha value is -1.17. The number of hydrogen-bond acceptors (Lipinski definition) is 2. The minimum Gasteiger partial charge on any atom is -0.373 e. The van der Waals surface area contributed by atoms with Crippen molar-refractivity contribution < 1.29 is 13.6 Å². The summed E-state index contributed by atoms with van der Waals surface area (Å²) in [4.78, 5) is 11.4. The number of halogens is 3. The molecule has 1 amide bonds. The number of amides is 1. The van der Waals surface area contributed by atoms with E-state index in [2.05, 4.69) is 26.6 Å². The van der Waals surface area contributed by atoms with Crippen molar-refractivity contribution in [2.45, 2.75) is 18.9 Å². The van der Waals surface area contributed by atoms with E-state index in [4.69, 9.17) is 0 Å². The summed E-state index contributed by atoms with van der Waals surface area (Å²) in [6.07, 6.45) is 2.00. The van der Waals surface area contributed by atoms with Gasteiger partial charge in [0.1, 0.15) is 11.6 Å². The molecular weight excluding hydrogens is 294 g/mol. The summed E-state index contributed by atoms with van der Waals surface area (Å²) in [6.45, 7) is -0.0301. The molecule has 0 atom stereocenters. The van der Waals surface area contributed by atoms with Crippen LogP contribution in [0.3, 0.4) is 0 Å². The van der Waals surface area contributed by atoms with Gasteiger partial charge in [0.2, 0.25) is 5.91 Å². The first kappa shape index (κ1) is 12.3. The molecule has 0 spiro atoms. The highest BCUT2D eigenvalue weighted by atomic mass is 79.9. The van der Waals surface area contributed by atoms with Gasteiger partial charge >= 0.3 is 0 Å². The van der Waals surface area contributed by atoms with Crippen molar-refractivity contribution in [2.75, 3.05) is 11.9 Å². The second kappa shape index (κ2) is 5.00. The third-order valence-electron chi connectivity index (χ3n) is 2.38. The van der Waals surface area contributed by atoms with E-state index >= 15 is 0 Å². The summed E-state index contributed by atoms with van der Waals surface area (Å²) in [7, 11) is 0. The van der Waals surface area contributed by atoms with Crippen LogP contribution >= 0.6 is 15.9 Å². The van der Waals surface area contributed by atoms with Crippen LogP contribution in [0.25, 0.3) is 0 Å². The predicted octanol–water partition coefficient (Wildman–Crippen LogP) is 2.42. The summed E-state index contributed by atoms with van der Waals surface area (Å²) in [5.74, 6) is -1.58. The molecular formula is C11H11BrF2N2O. The number of rotatable bonds is 4. The first-order valence-electron chi connectivity index (χ1n) is 5.24. The fourth-order valence-corrected chi connectivity index (χ4v) is 1.93. The molecule has 0 aromatic heterocycles. The Morgan fingerprint density at radius 2 is 2.12 bits per heavy atom. The molecule has 1 fully saturated rings. The lowest BCUT2D eigenvalue weighted by molar-refractivity contribution is -0.119. The highest BCUT2D eigenvalue weighted by molar-refractivity contribution is 9.10. The van der Waals surface area contributed by atoms with Crippen molar-refractivity contribution in [1.82, 2.24) is 5.32 Å². The molecule has 1 saturated carbocycles. The van der Waals surface area contributed by atoms with Crippen LogP contribution in [-0.2, 0) is 4.79 Å². The van der Waals surface area contributed by atoms with E-state index in [1.807, 2.05) is 0 Å². The topological polar surface area (TPSA) is 41.1 Å². The second-order valence-corrected chi connectivity index (χ2v) is 4.79. The lowest BCUT2D eigenvalue weighted by atomic mass is 10.3. The van der Waals surface area contributed by atoms with Gasteiger partial charge in [0.25, 0.3) is 0 Å². The van der Waals surface area contributed by atoms with Crippen molar-refractivity contribution in [1.29, 1.82) is 0 Å². The Kier molecular flexibility index (Phi) is 3.61. The molecule has 1 aromatic carbocycles. The standard InChI is InChI=1S/C11H11BrF2N2O/c12-8-3-6(13)4-9(14)11(8)15-5-10(17)16-7-1-2-7/h3-4,7,15H,1-2,5H2,(H,16,17). The average Bonchev–Trinajstić information content (AvgIpc) is 2.99. The SMILES string of the molecule is O=C(CNc1c(F)cc(F)cc1Br)NC1CC1. The Bertz CT molecular complexity index is 426. The molecule has 92 valence electrons. The monoisotopic (exact) mass is 304 g/mol. The van der Waals surface area contributed by atoms with Gasteiger partial charge in [-0.1, -0.05) is 0 Å². The van der Waals surface area contributed by atoms with Gasteiger partial charge in [-0.2, -0.15) is 0 Å². The first-order valence-corrected chi connectivity index (χ1v) is 6.03. The van der Waals surface area contributed by atoms with E-state index in [1.54, 1.807) is 0 Å². The van der Waals surface area contributed by atoms with Gasteiger partial charge in [-0.05, 0) is 34.8 Å². The number of anilines is 1. The van der Waals surface area contributed by atoms with Gasteiger partial charge in [0.05, 0.1) is 12.2 Å². The molecule has 1 aliphatic rings. The number of hydrogen-bond donors (Lipinski definition) is 2. The van der Waals surface area contributed by atoms with Gasteiger partial charge < -0.3 is 10.6 Å². The fraction of sp³-hybridized carbons (Fsp3) is 0.364. The van der Waals surface area contributed by atoms with E-state index in [0.717, 1.165) is 25.0 Å². The van der Waals surface area contributed by atoms with Crippen LogP contribution in [0.2, 0.25) is 0 Å². The smallest absolute Gasteiger partial charge is 0.239 e. The highest BCUT2D eigenvalue weighted by Crippen LogP contribution is 2.26. The van der Waals surface area contributed by atoms with Gasteiger partial charge in [0.15, 0.2) is 0 Å². The van der Waals surface area contributed by atoms with Gasteiger partial charge in [-0.15, -0.1) is 0 Å². The lowest BCUT2D eigenvalue weighted by Crippen LogP contribution is -2.31. The normalized spacial score (nSPS) is 14.5. The quantitative estimate of drug-likeness (QED) is 0.897. The molecule has 3 nitrogen and oxygen atoms in total. The van der Waals surface area contributed by atoms with Crippen molar-refractivity contribution in [3.8, 4) is 0 Å². The van der Waals surface area contributed by atoms with Crippen LogP contribution in [0.5, 0.6) is 0 Å². The van der Waals surface area contributed by atoms with Gasteiger partial charge in [-0.25, -0.2) is 8.78 Å². The number of carbonyl (C=O) groups excluding carboxylic acids is 1. The summed E-state index contributed by atoms with van der Waals surface area (Å²) < 4.78 is 26.4. The molecule has 0 radical (unpaired) electrons. The molecule has 2 N–H and O–H groups in total. The largest absolute Gasteiger partial charge is 0.373 e. The Morgan fingerprint density at radius 3 is 2.71 bits per heavy atom. The van der Waals surface area contributed by atoms with E-state index in [9.17, 15) is 13.6 Å². The zero-order chi connectivity index (χ0) is 12.4. The number of nitrogens with one attached hydrogen (secondary N) is 2. The molecule has 0 saturated heterocycles. The molecule has 6 heteroatoms. The third-order valence-corrected chi connectivity index (χ3v) is 3.00. The van der Waals surface area contributed by atoms with Crippen LogP contribution in [-0.4, -0.2) is 18.5 Å². The molecule has 1 aliphatic carbocycles. The van der Waals surface area contributed by atoms with E-state index in [-0.39, 0.29) is 28.7 Å². The summed E-state index contributed by atoms with van der Waals surface area (Å²) in [5, 5.41) is 5.40. The van der Waals surface area contributed by atoms with Crippen molar-refractivity contribution in [3.63, 3.8) is 0 Å². The summed E-state index contributed by atoms with van der Waals surface area (Å²) >= 11 is 3.04. The minimum atomic E-state index is -0.726. The molecule has 2 rings (SSSR count). The van der Waals surface area contributed by atoms with Gasteiger partial charge in [-0.3, -0.25) is 4.79 Å². The van der Waals surface area contributed by atoms with Crippen molar-refractivity contribution in [3.05, 3.63) is 28.2 Å². The average molecular weight is 305 g/mol. The molecule has 17 heavy (non-hydrogen) atoms. The minimum absolute atomic E-state index is 0.0301. The molecule has 0 heterocycles. The number of carbonyl (C=O) groups is 1. The van der Waals surface area contributed by atoms with E-state index in [0.29, 0.717) is 0 Å². The lowest BCUT2D eigenvalue weighted by Gasteiger charge is -2.09. The van der Waals surface area contributed by atoms with Crippen molar-refractivity contribution >= 4 is 27.5 Å². The van der Waals surface area contributed by atoms with Crippen LogP contribution in [0, 0.1) is 11.6 Å². The predicted molar refractivity (Wildman–Crippen MR) is 63.7 cm³/mol. The number of benzene rings is 1. The first-order chi connectivity index (χ1) is 8.06. The third kappa shape index (κ3) is 3.39. The maximum atomic E-state index is 13.4. The van der Waals surface area contributed by atoms with Crippen LogP contribution in [0.15, 0.2) is 16.6 Å². The van der Waals surface area contributed by atoms with Crippen LogP contribution < -0.4 is 10.6 Å². The van der Waals surface area contributed by atoms with Crippen LogP contribution in [0.4, 0.5) is 14.5 Å². The maximum Gasteiger partial charge on any atom is 0.239 e. The van der Waals surface area contributed by atoms with Crippen molar-refractivity contribution in [2.24, 2.45) is 0 Å². The highest BCUT2D eigenvalue weighted by Gasteiger charge is 2.23. The molecule has 1 aromatic rings. The fourth-order valence-electron chi connectivity index (χ4n) is 1.39. The second-order valence-electron chi connectivity index (χ2n) is 3.94. The zero-order valence-electron chi connectivity index (χ0n) is 8.90. The molecule has 0 bridgehead atoms. The maximum absolute atomic E-state index is 13.4. The Labute approximate surface area is 106 Å². The summed E-state index contributed by atoms with van der Waals surface area (Å²) in [6, 6.07) is 2.18. The van der Waals surface area contributed by atoms with Crippen LogP contribution in [0.1, 0.15) is 12.8 Å². The van der Waals surface area contributed by atoms with E-state index < -0.39 is 11.6 Å². The van der Waals surface area contributed by atoms with Gasteiger partial charge in [0, 0.05) is 16.6 Å². The summed E-state index contributed by atoms with van der Waals surface area (Å²) in [5.41, 5.74) is 0.0948. The molecule has 0 aliphatic heterocycles. The molecule has 0 unspecified atom stereocenters. The Balaban J connectivity index is 1.95.